The summed E-state index contributed by atoms with van der Waals surface area (Å²) in [6.07, 6.45) is 0.354. The lowest BCUT2D eigenvalue weighted by atomic mass is 10.1. The molecule has 2 atom stereocenters. The van der Waals surface area contributed by atoms with Gasteiger partial charge >= 0.3 is 6.03 Å². The summed E-state index contributed by atoms with van der Waals surface area (Å²) < 4.78 is 0. The Hall–Kier alpha value is -0.910. The molecule has 0 bridgehead atoms. The van der Waals surface area contributed by atoms with Crippen molar-refractivity contribution in [2.45, 2.75) is 31.3 Å². The fraction of sp³-hybridized carbons (Fsp3) is 0.533. The summed E-state index contributed by atoms with van der Waals surface area (Å²) in [7, 11) is 0. The Bertz CT molecular complexity index is 426. The molecule has 2 amide bonds. The molecule has 1 rings (SSSR count). The molecule has 0 saturated heterocycles. The number of carbonyl (C=O) groups is 1. The molecule has 0 heterocycles. The van der Waals surface area contributed by atoms with Gasteiger partial charge in [-0.05, 0) is 43.5 Å². The predicted octanol–water partition coefficient (Wildman–Crippen LogP) is 3.14. The number of carbonyl (C=O) groups excluding carboxylic acids is 1. The minimum atomic E-state index is -0.333. The average Bonchev–Trinajstić information content (AvgIpc) is 2.42. The third kappa shape index (κ3) is 8.86. The first-order chi connectivity index (χ1) is 9.97. The van der Waals surface area contributed by atoms with Gasteiger partial charge in [-0.1, -0.05) is 18.5 Å². The van der Waals surface area contributed by atoms with Gasteiger partial charge in [-0.25, -0.2) is 4.79 Å². The van der Waals surface area contributed by atoms with E-state index in [9.17, 15) is 9.90 Å². The average molecular weight is 331 g/mol. The van der Waals surface area contributed by atoms with Crippen LogP contribution >= 0.6 is 23.4 Å². The fourth-order valence-electron chi connectivity index (χ4n) is 1.86. The van der Waals surface area contributed by atoms with Crippen molar-refractivity contribution in [3.63, 3.8) is 0 Å². The topological polar surface area (TPSA) is 61.4 Å². The molecular formula is C15H23ClN2O2S. The molecule has 0 saturated carbocycles. The summed E-state index contributed by atoms with van der Waals surface area (Å²) in [5.74, 6) is 1.07. The number of amides is 2. The highest BCUT2D eigenvalue weighted by atomic mass is 35.5. The van der Waals surface area contributed by atoms with Crippen LogP contribution in [0.3, 0.4) is 0 Å². The highest BCUT2D eigenvalue weighted by Crippen LogP contribution is 2.19. The lowest BCUT2D eigenvalue weighted by Gasteiger charge is -2.14. The quantitative estimate of drug-likeness (QED) is 0.507. The molecule has 2 unspecified atom stereocenters. The Kier molecular flexibility index (Phi) is 8.57. The Morgan fingerprint density at radius 2 is 1.95 bits per heavy atom. The summed E-state index contributed by atoms with van der Waals surface area (Å²) in [6, 6.07) is 7.47. The van der Waals surface area contributed by atoms with Crippen LogP contribution in [0.5, 0.6) is 0 Å². The van der Waals surface area contributed by atoms with E-state index in [1.165, 1.54) is 0 Å². The van der Waals surface area contributed by atoms with E-state index in [0.29, 0.717) is 19.5 Å². The van der Waals surface area contributed by atoms with Crippen LogP contribution < -0.4 is 10.6 Å². The number of nitrogens with one attached hydrogen (secondary N) is 2. The van der Waals surface area contributed by atoms with Gasteiger partial charge in [0.25, 0.3) is 0 Å². The van der Waals surface area contributed by atoms with Gasteiger partial charge in [0.2, 0.25) is 0 Å². The number of benzene rings is 1. The maximum Gasteiger partial charge on any atom is 0.314 e. The highest BCUT2D eigenvalue weighted by Gasteiger charge is 2.07. The van der Waals surface area contributed by atoms with Gasteiger partial charge < -0.3 is 15.7 Å². The summed E-state index contributed by atoms with van der Waals surface area (Å²) >= 11 is 7.49. The van der Waals surface area contributed by atoms with Crippen LogP contribution in [-0.4, -0.2) is 36.1 Å². The summed E-state index contributed by atoms with van der Waals surface area (Å²) in [4.78, 5) is 12.7. The number of urea groups is 1. The smallest absolute Gasteiger partial charge is 0.314 e. The lowest BCUT2D eigenvalue weighted by Crippen LogP contribution is -2.39. The normalized spacial score (nSPS) is 13.5. The molecule has 1 aromatic carbocycles. The minimum absolute atomic E-state index is 0.163. The molecule has 21 heavy (non-hydrogen) atoms. The van der Waals surface area contributed by atoms with Crippen LogP contribution in [0.15, 0.2) is 29.2 Å². The van der Waals surface area contributed by atoms with Gasteiger partial charge in [0.1, 0.15) is 0 Å². The van der Waals surface area contributed by atoms with Crippen molar-refractivity contribution in [2.75, 3.05) is 18.8 Å². The Morgan fingerprint density at radius 1 is 1.29 bits per heavy atom. The van der Waals surface area contributed by atoms with Crippen molar-refractivity contribution in [3.05, 3.63) is 29.3 Å². The van der Waals surface area contributed by atoms with E-state index < -0.39 is 0 Å². The van der Waals surface area contributed by atoms with E-state index in [1.54, 1.807) is 18.7 Å². The maximum absolute atomic E-state index is 11.6. The monoisotopic (exact) mass is 330 g/mol. The molecule has 0 aliphatic heterocycles. The van der Waals surface area contributed by atoms with Gasteiger partial charge in [0.15, 0.2) is 0 Å². The summed E-state index contributed by atoms with van der Waals surface area (Å²) in [6.45, 7) is 4.93. The van der Waals surface area contributed by atoms with Gasteiger partial charge in [-0.3, -0.25) is 0 Å². The molecule has 0 aliphatic carbocycles. The number of aliphatic hydroxyl groups is 1. The largest absolute Gasteiger partial charge is 0.393 e. The first-order valence-corrected chi connectivity index (χ1v) is 8.42. The molecule has 1 aromatic rings. The first kappa shape index (κ1) is 18.1. The highest BCUT2D eigenvalue weighted by molar-refractivity contribution is 7.99. The fourth-order valence-corrected chi connectivity index (χ4v) is 2.75. The summed E-state index contributed by atoms with van der Waals surface area (Å²) in [5, 5.41) is 15.6. The number of rotatable bonds is 8. The van der Waals surface area contributed by atoms with E-state index in [2.05, 4.69) is 10.6 Å². The molecule has 0 fully saturated rings. The first-order valence-electron chi connectivity index (χ1n) is 7.05. The van der Waals surface area contributed by atoms with Gasteiger partial charge in [0.05, 0.1) is 6.10 Å². The Balaban J connectivity index is 2.09. The SMILES string of the molecule is CC(O)CC(C)CNC(=O)NCCSc1ccc(Cl)cc1. The van der Waals surface area contributed by atoms with Crippen molar-refractivity contribution >= 4 is 29.4 Å². The molecule has 118 valence electrons. The second kappa shape index (κ2) is 9.92. The maximum atomic E-state index is 11.6. The van der Waals surface area contributed by atoms with Crippen LogP contribution in [-0.2, 0) is 0 Å². The van der Waals surface area contributed by atoms with Crippen molar-refractivity contribution in [1.82, 2.24) is 10.6 Å². The lowest BCUT2D eigenvalue weighted by molar-refractivity contribution is 0.163. The third-order valence-corrected chi connectivity index (χ3v) is 4.09. The second-order valence-corrected chi connectivity index (χ2v) is 6.73. The third-order valence-electron chi connectivity index (χ3n) is 2.82. The van der Waals surface area contributed by atoms with Crippen LogP contribution in [0.25, 0.3) is 0 Å². The molecule has 0 radical (unpaired) electrons. The van der Waals surface area contributed by atoms with E-state index >= 15 is 0 Å². The molecule has 0 spiro atoms. The molecule has 4 nitrogen and oxygen atoms in total. The van der Waals surface area contributed by atoms with Crippen molar-refractivity contribution in [1.29, 1.82) is 0 Å². The number of halogens is 1. The number of hydrogen-bond donors (Lipinski definition) is 3. The molecule has 0 aromatic heterocycles. The summed E-state index contributed by atoms with van der Waals surface area (Å²) in [5.41, 5.74) is 0. The van der Waals surface area contributed by atoms with E-state index in [1.807, 2.05) is 31.2 Å². The molecular weight excluding hydrogens is 308 g/mol. The van der Waals surface area contributed by atoms with Gasteiger partial charge in [-0.2, -0.15) is 0 Å². The van der Waals surface area contributed by atoms with Crippen molar-refractivity contribution < 1.29 is 9.90 Å². The second-order valence-electron chi connectivity index (χ2n) is 5.13. The van der Waals surface area contributed by atoms with Crippen LogP contribution in [0, 0.1) is 5.92 Å². The van der Waals surface area contributed by atoms with Crippen LogP contribution in [0.2, 0.25) is 5.02 Å². The zero-order valence-corrected chi connectivity index (χ0v) is 14.0. The zero-order valence-electron chi connectivity index (χ0n) is 12.4. The number of hydrogen-bond acceptors (Lipinski definition) is 3. The predicted molar refractivity (Wildman–Crippen MR) is 89.0 cm³/mol. The standard InChI is InChI=1S/C15H23ClN2O2S/c1-11(9-12(2)19)10-18-15(20)17-7-8-21-14-5-3-13(16)4-6-14/h3-6,11-12,19H,7-10H2,1-2H3,(H2,17,18,20). The van der Waals surface area contributed by atoms with Crippen molar-refractivity contribution in [2.24, 2.45) is 5.92 Å². The van der Waals surface area contributed by atoms with E-state index in [-0.39, 0.29) is 18.1 Å². The van der Waals surface area contributed by atoms with Gasteiger partial charge in [0, 0.05) is 28.8 Å². The Morgan fingerprint density at radius 3 is 2.57 bits per heavy atom. The van der Waals surface area contributed by atoms with E-state index in [0.717, 1.165) is 15.7 Å². The van der Waals surface area contributed by atoms with Crippen molar-refractivity contribution in [3.8, 4) is 0 Å². The number of aliphatic hydroxyl groups excluding tert-OH is 1. The molecule has 3 N–H and O–H groups in total. The molecule has 0 aliphatic rings. The Labute approximate surface area is 135 Å². The van der Waals surface area contributed by atoms with Gasteiger partial charge in [-0.15, -0.1) is 11.8 Å². The van der Waals surface area contributed by atoms with Crippen LogP contribution in [0.1, 0.15) is 20.3 Å². The van der Waals surface area contributed by atoms with Crippen LogP contribution in [0.4, 0.5) is 4.79 Å². The molecule has 6 heteroatoms. The zero-order chi connectivity index (χ0) is 15.7. The minimum Gasteiger partial charge on any atom is -0.393 e. The number of thioether (sulfide) groups is 1. The van der Waals surface area contributed by atoms with E-state index in [4.69, 9.17) is 11.6 Å².